The Hall–Kier alpha value is -2.57. The molecule has 2 N–H and O–H groups in total. The van der Waals surface area contributed by atoms with E-state index in [0.29, 0.717) is 26.2 Å². The average Bonchev–Trinajstić information content (AvgIpc) is 3.28. The van der Waals surface area contributed by atoms with Gasteiger partial charge in [0.1, 0.15) is 0 Å². The van der Waals surface area contributed by atoms with E-state index in [1.165, 1.54) is 0 Å². The van der Waals surface area contributed by atoms with E-state index >= 15 is 0 Å². The molecule has 146 valence electrons. The highest BCUT2D eigenvalue weighted by Gasteiger charge is 2.37. The van der Waals surface area contributed by atoms with Gasteiger partial charge in [-0.05, 0) is 31.4 Å². The van der Waals surface area contributed by atoms with E-state index < -0.39 is 0 Å². The SMILES string of the molecule is CCNC(=O)N1CCC(NC(=O)C2CC(=O)N(c3ccccc3CC)C2)C1. The largest absolute Gasteiger partial charge is 0.351 e. The van der Waals surface area contributed by atoms with Crippen molar-refractivity contribution in [2.24, 2.45) is 5.92 Å². The number of nitrogens with zero attached hydrogens (tertiary/aromatic N) is 2. The molecule has 0 aromatic heterocycles. The van der Waals surface area contributed by atoms with Crippen LogP contribution in [0.5, 0.6) is 0 Å². The zero-order valence-electron chi connectivity index (χ0n) is 16.0. The third kappa shape index (κ3) is 4.23. The summed E-state index contributed by atoms with van der Waals surface area (Å²) in [5, 5.41) is 5.81. The summed E-state index contributed by atoms with van der Waals surface area (Å²) in [7, 11) is 0. The molecule has 0 bridgehead atoms. The lowest BCUT2D eigenvalue weighted by atomic mass is 10.1. The summed E-state index contributed by atoms with van der Waals surface area (Å²) in [5.41, 5.74) is 2.02. The first-order valence-electron chi connectivity index (χ1n) is 9.74. The van der Waals surface area contributed by atoms with Crippen molar-refractivity contribution in [2.45, 2.75) is 39.2 Å². The Morgan fingerprint density at radius 2 is 1.96 bits per heavy atom. The third-order valence-corrected chi connectivity index (χ3v) is 5.31. The molecule has 2 aliphatic heterocycles. The third-order valence-electron chi connectivity index (χ3n) is 5.31. The van der Waals surface area contributed by atoms with Crippen LogP contribution in [0, 0.1) is 5.92 Å². The number of urea groups is 1. The second kappa shape index (κ2) is 8.41. The van der Waals surface area contributed by atoms with Gasteiger partial charge in [-0.3, -0.25) is 9.59 Å². The van der Waals surface area contributed by atoms with Crippen molar-refractivity contribution < 1.29 is 14.4 Å². The summed E-state index contributed by atoms with van der Waals surface area (Å²) in [4.78, 5) is 40.5. The standard InChI is InChI=1S/C20H28N4O3/c1-3-14-7-5-6-8-17(14)24-12-15(11-18(24)25)19(26)22-16-9-10-23(13-16)20(27)21-4-2/h5-8,15-16H,3-4,9-13H2,1-2H3,(H,21,27)(H,22,26). The minimum Gasteiger partial charge on any atom is -0.351 e. The monoisotopic (exact) mass is 372 g/mol. The predicted octanol–water partition coefficient (Wildman–Crippen LogP) is 1.52. The molecule has 0 radical (unpaired) electrons. The molecule has 7 heteroatoms. The van der Waals surface area contributed by atoms with Gasteiger partial charge in [0.15, 0.2) is 0 Å². The molecular formula is C20H28N4O3. The first-order valence-corrected chi connectivity index (χ1v) is 9.74. The summed E-state index contributed by atoms with van der Waals surface area (Å²) in [5.74, 6) is -0.449. The van der Waals surface area contributed by atoms with E-state index in [4.69, 9.17) is 0 Å². The summed E-state index contributed by atoms with van der Waals surface area (Å²) >= 11 is 0. The lowest BCUT2D eigenvalue weighted by molar-refractivity contribution is -0.126. The quantitative estimate of drug-likeness (QED) is 0.822. The average molecular weight is 372 g/mol. The molecule has 0 saturated carbocycles. The maximum Gasteiger partial charge on any atom is 0.317 e. The Morgan fingerprint density at radius 1 is 1.19 bits per heavy atom. The molecule has 2 atom stereocenters. The van der Waals surface area contributed by atoms with Gasteiger partial charge in [-0.15, -0.1) is 0 Å². The molecule has 3 rings (SSSR count). The summed E-state index contributed by atoms with van der Waals surface area (Å²) in [6.07, 6.45) is 1.82. The Bertz CT molecular complexity index is 721. The minimum absolute atomic E-state index is 0.00794. The Morgan fingerprint density at radius 3 is 2.70 bits per heavy atom. The van der Waals surface area contributed by atoms with Crippen molar-refractivity contribution in [3.8, 4) is 0 Å². The lowest BCUT2D eigenvalue weighted by Gasteiger charge is -2.21. The van der Waals surface area contributed by atoms with Crippen molar-refractivity contribution in [1.29, 1.82) is 0 Å². The molecule has 2 aliphatic rings. The van der Waals surface area contributed by atoms with Crippen LogP contribution in [0.15, 0.2) is 24.3 Å². The van der Waals surface area contributed by atoms with Crippen LogP contribution in [0.25, 0.3) is 0 Å². The van der Waals surface area contributed by atoms with Gasteiger partial charge in [-0.2, -0.15) is 0 Å². The zero-order valence-corrected chi connectivity index (χ0v) is 16.0. The van der Waals surface area contributed by atoms with E-state index in [-0.39, 0.29) is 36.2 Å². The number of nitrogens with one attached hydrogen (secondary N) is 2. The molecular weight excluding hydrogens is 344 g/mol. The number of amides is 4. The van der Waals surface area contributed by atoms with Crippen LogP contribution >= 0.6 is 0 Å². The highest BCUT2D eigenvalue weighted by Crippen LogP contribution is 2.28. The number of likely N-dealkylation sites (tertiary alicyclic amines) is 1. The molecule has 4 amide bonds. The van der Waals surface area contributed by atoms with Gasteiger partial charge in [0.05, 0.1) is 5.92 Å². The number of anilines is 1. The molecule has 2 saturated heterocycles. The van der Waals surface area contributed by atoms with Gasteiger partial charge >= 0.3 is 6.03 Å². The Labute approximate surface area is 160 Å². The van der Waals surface area contributed by atoms with E-state index in [1.54, 1.807) is 9.80 Å². The van der Waals surface area contributed by atoms with Crippen molar-refractivity contribution in [2.75, 3.05) is 31.1 Å². The van der Waals surface area contributed by atoms with Crippen LogP contribution in [-0.4, -0.2) is 55.0 Å². The lowest BCUT2D eigenvalue weighted by Crippen LogP contribution is -2.44. The van der Waals surface area contributed by atoms with Crippen LogP contribution in [0.2, 0.25) is 0 Å². The molecule has 2 fully saturated rings. The summed E-state index contributed by atoms with van der Waals surface area (Å²) in [6, 6.07) is 7.71. The van der Waals surface area contributed by atoms with Gasteiger partial charge in [0.25, 0.3) is 0 Å². The van der Waals surface area contributed by atoms with Gasteiger partial charge in [-0.25, -0.2) is 4.79 Å². The zero-order chi connectivity index (χ0) is 19.4. The second-order valence-electron chi connectivity index (χ2n) is 7.16. The molecule has 0 aliphatic carbocycles. The molecule has 2 heterocycles. The van der Waals surface area contributed by atoms with Crippen LogP contribution in [0.3, 0.4) is 0 Å². The fourth-order valence-corrected chi connectivity index (χ4v) is 3.83. The minimum atomic E-state index is -0.346. The van der Waals surface area contributed by atoms with Gasteiger partial charge < -0.3 is 20.4 Å². The van der Waals surface area contributed by atoms with E-state index in [1.807, 2.05) is 31.2 Å². The highest BCUT2D eigenvalue weighted by atomic mass is 16.2. The second-order valence-corrected chi connectivity index (χ2v) is 7.16. The van der Waals surface area contributed by atoms with Gasteiger partial charge in [0.2, 0.25) is 11.8 Å². The summed E-state index contributed by atoms with van der Waals surface area (Å²) < 4.78 is 0. The smallest absolute Gasteiger partial charge is 0.317 e. The normalized spacial score (nSPS) is 22.2. The Balaban J connectivity index is 1.58. The van der Waals surface area contributed by atoms with E-state index in [0.717, 1.165) is 24.1 Å². The topological polar surface area (TPSA) is 81.8 Å². The van der Waals surface area contributed by atoms with Crippen molar-refractivity contribution in [3.63, 3.8) is 0 Å². The van der Waals surface area contributed by atoms with Crippen LogP contribution in [0.1, 0.15) is 32.3 Å². The van der Waals surface area contributed by atoms with Crippen LogP contribution < -0.4 is 15.5 Å². The maximum atomic E-state index is 12.7. The molecule has 2 unspecified atom stereocenters. The van der Waals surface area contributed by atoms with E-state index in [9.17, 15) is 14.4 Å². The number of hydrogen-bond donors (Lipinski definition) is 2. The fraction of sp³-hybridized carbons (Fsp3) is 0.550. The van der Waals surface area contributed by atoms with Gasteiger partial charge in [0, 0.05) is 44.3 Å². The molecule has 1 aromatic carbocycles. The van der Waals surface area contributed by atoms with Crippen LogP contribution in [0.4, 0.5) is 10.5 Å². The summed E-state index contributed by atoms with van der Waals surface area (Å²) in [6.45, 7) is 6.09. The first-order chi connectivity index (χ1) is 13.0. The number of benzene rings is 1. The molecule has 1 aromatic rings. The highest BCUT2D eigenvalue weighted by molar-refractivity contribution is 6.00. The van der Waals surface area contributed by atoms with E-state index in [2.05, 4.69) is 17.6 Å². The number of carbonyl (C=O) groups excluding carboxylic acids is 3. The number of hydrogen-bond acceptors (Lipinski definition) is 3. The number of carbonyl (C=O) groups is 3. The number of aryl methyl sites for hydroxylation is 1. The predicted molar refractivity (Wildman–Crippen MR) is 103 cm³/mol. The fourth-order valence-electron chi connectivity index (χ4n) is 3.83. The van der Waals surface area contributed by atoms with Crippen LogP contribution in [-0.2, 0) is 16.0 Å². The van der Waals surface area contributed by atoms with Crippen molar-refractivity contribution in [3.05, 3.63) is 29.8 Å². The first kappa shape index (κ1) is 19.2. The van der Waals surface area contributed by atoms with Crippen molar-refractivity contribution >= 4 is 23.5 Å². The molecule has 7 nitrogen and oxygen atoms in total. The molecule has 0 spiro atoms. The van der Waals surface area contributed by atoms with Crippen molar-refractivity contribution in [1.82, 2.24) is 15.5 Å². The molecule has 27 heavy (non-hydrogen) atoms. The maximum absolute atomic E-state index is 12.7. The Kier molecular flexibility index (Phi) is 5.98. The van der Waals surface area contributed by atoms with Gasteiger partial charge in [-0.1, -0.05) is 25.1 Å². The number of para-hydroxylation sites is 1. The number of rotatable bonds is 5.